The van der Waals surface area contributed by atoms with E-state index in [-0.39, 0.29) is 29.6 Å². The summed E-state index contributed by atoms with van der Waals surface area (Å²) in [6, 6.07) is 9.44. The van der Waals surface area contributed by atoms with Gasteiger partial charge in [0.15, 0.2) is 5.82 Å². The highest BCUT2D eigenvalue weighted by molar-refractivity contribution is 9.10. The number of fused-ring (bicyclic) bond motifs is 1. The lowest BCUT2D eigenvalue weighted by Crippen LogP contribution is -2.29. The molecule has 0 bridgehead atoms. The monoisotopic (exact) mass is 473 g/mol. The van der Waals surface area contributed by atoms with E-state index in [2.05, 4.69) is 31.3 Å². The van der Waals surface area contributed by atoms with Gasteiger partial charge in [-0.15, -0.1) is 0 Å². The summed E-state index contributed by atoms with van der Waals surface area (Å²) in [5.41, 5.74) is 1.15. The first-order valence-corrected chi connectivity index (χ1v) is 9.76. The van der Waals surface area contributed by atoms with E-state index in [0.717, 1.165) is 4.90 Å². The van der Waals surface area contributed by atoms with Gasteiger partial charge in [-0.25, -0.2) is 9.67 Å². The number of imide groups is 1. The summed E-state index contributed by atoms with van der Waals surface area (Å²) >= 11 is 9.44. The minimum absolute atomic E-state index is 0.190. The molecule has 0 atom stereocenters. The Kier molecular flexibility index (Phi) is 4.93. The molecule has 10 heteroatoms. The van der Waals surface area contributed by atoms with Crippen molar-refractivity contribution in [2.45, 2.75) is 6.92 Å². The molecule has 1 aromatic carbocycles. The molecule has 1 aliphatic heterocycles. The Balaban J connectivity index is 1.66. The van der Waals surface area contributed by atoms with E-state index in [0.29, 0.717) is 26.7 Å². The van der Waals surface area contributed by atoms with Gasteiger partial charge in [-0.05, 0) is 53.2 Å². The van der Waals surface area contributed by atoms with E-state index in [4.69, 9.17) is 11.6 Å². The lowest BCUT2D eigenvalue weighted by molar-refractivity contribution is 0.0662. The first-order valence-electron chi connectivity index (χ1n) is 8.58. The molecule has 3 amide bonds. The lowest BCUT2D eigenvalue weighted by Gasteiger charge is -2.09. The summed E-state index contributed by atoms with van der Waals surface area (Å²) in [6.45, 7) is 2.01. The van der Waals surface area contributed by atoms with E-state index in [9.17, 15) is 14.4 Å². The third-order valence-electron chi connectivity index (χ3n) is 4.40. The van der Waals surface area contributed by atoms with Crippen LogP contribution in [0, 0.1) is 0 Å². The van der Waals surface area contributed by atoms with E-state index >= 15 is 0 Å². The maximum atomic E-state index is 12.9. The van der Waals surface area contributed by atoms with Crippen molar-refractivity contribution in [3.05, 3.63) is 69.0 Å². The van der Waals surface area contributed by atoms with Crippen LogP contribution in [0.5, 0.6) is 0 Å². The van der Waals surface area contributed by atoms with Gasteiger partial charge >= 0.3 is 0 Å². The van der Waals surface area contributed by atoms with Crippen molar-refractivity contribution in [1.29, 1.82) is 0 Å². The fourth-order valence-electron chi connectivity index (χ4n) is 3.06. The minimum Gasteiger partial charge on any atom is -0.321 e. The highest BCUT2D eigenvalue weighted by Gasteiger charge is 2.34. The predicted molar refractivity (Wildman–Crippen MR) is 110 cm³/mol. The maximum absolute atomic E-state index is 12.9. The van der Waals surface area contributed by atoms with Gasteiger partial charge in [0.05, 0.1) is 16.1 Å². The molecule has 29 heavy (non-hydrogen) atoms. The van der Waals surface area contributed by atoms with Crippen molar-refractivity contribution in [3.63, 3.8) is 0 Å². The predicted octanol–water partition coefficient (Wildman–Crippen LogP) is 3.55. The van der Waals surface area contributed by atoms with Crippen molar-refractivity contribution in [2.24, 2.45) is 0 Å². The molecule has 3 aromatic rings. The van der Waals surface area contributed by atoms with Gasteiger partial charge in [0.2, 0.25) is 0 Å². The van der Waals surface area contributed by atoms with Crippen LogP contribution in [0.4, 0.5) is 5.69 Å². The lowest BCUT2D eigenvalue weighted by atomic mass is 10.1. The van der Waals surface area contributed by atoms with Crippen LogP contribution in [0.2, 0.25) is 5.02 Å². The minimum atomic E-state index is -0.478. The molecular weight excluding hydrogens is 462 g/mol. The number of hydrogen-bond donors (Lipinski definition) is 1. The Morgan fingerprint density at radius 3 is 2.66 bits per heavy atom. The molecule has 3 heterocycles. The van der Waals surface area contributed by atoms with Crippen molar-refractivity contribution in [3.8, 4) is 5.82 Å². The van der Waals surface area contributed by atoms with Crippen LogP contribution >= 0.6 is 27.5 Å². The molecule has 1 N–H and O–H groups in total. The Morgan fingerprint density at radius 2 is 1.93 bits per heavy atom. The van der Waals surface area contributed by atoms with Crippen LogP contribution in [0.25, 0.3) is 5.82 Å². The summed E-state index contributed by atoms with van der Waals surface area (Å²) < 4.78 is 1.75. The molecule has 0 unspecified atom stereocenters. The number of rotatable bonds is 4. The third-order valence-corrected chi connectivity index (χ3v) is 5.08. The number of pyridine rings is 1. The fraction of sp³-hybridized carbons (Fsp3) is 0.105. The summed E-state index contributed by atoms with van der Waals surface area (Å²) in [6.07, 6.45) is 1.54. The number of aromatic nitrogens is 3. The standard InChI is InChI=1S/C19H13BrClN5O3/c1-2-25-18(28)11-6-5-10(8-12(11)19(25)29)23-17(27)14-9-15(20)24-26(14)16-13(21)4-3-7-22-16/h3-9H,2H2,1H3,(H,23,27). The second-order valence-corrected chi connectivity index (χ2v) is 7.36. The summed E-state index contributed by atoms with van der Waals surface area (Å²) in [4.78, 5) is 42.8. The first kappa shape index (κ1) is 19.3. The number of nitrogens with zero attached hydrogens (tertiary/aromatic N) is 4. The molecule has 0 fully saturated rings. The molecule has 0 spiro atoms. The second-order valence-electron chi connectivity index (χ2n) is 6.14. The van der Waals surface area contributed by atoms with Crippen LogP contribution in [0.15, 0.2) is 47.2 Å². The number of carbonyl (C=O) groups excluding carboxylic acids is 3. The normalized spacial score (nSPS) is 13.0. The average Bonchev–Trinajstić information content (AvgIpc) is 3.20. The van der Waals surface area contributed by atoms with Gasteiger partial charge < -0.3 is 5.32 Å². The van der Waals surface area contributed by atoms with Gasteiger partial charge in [0.25, 0.3) is 17.7 Å². The van der Waals surface area contributed by atoms with Crippen molar-refractivity contribution < 1.29 is 14.4 Å². The number of hydrogen-bond acceptors (Lipinski definition) is 5. The molecule has 146 valence electrons. The maximum Gasteiger partial charge on any atom is 0.274 e. The topological polar surface area (TPSA) is 97.2 Å². The van der Waals surface area contributed by atoms with Gasteiger partial charge in [-0.3, -0.25) is 19.3 Å². The second kappa shape index (κ2) is 7.41. The number of halogens is 2. The van der Waals surface area contributed by atoms with Crippen molar-refractivity contribution >= 4 is 50.9 Å². The zero-order chi connectivity index (χ0) is 20.7. The largest absolute Gasteiger partial charge is 0.321 e. The average molecular weight is 475 g/mol. The number of carbonyl (C=O) groups is 3. The van der Waals surface area contributed by atoms with Gasteiger partial charge in [0, 0.05) is 24.5 Å². The zero-order valence-electron chi connectivity index (χ0n) is 15.0. The van der Waals surface area contributed by atoms with Crippen LogP contribution in [-0.2, 0) is 0 Å². The van der Waals surface area contributed by atoms with E-state index in [1.54, 1.807) is 31.3 Å². The highest BCUT2D eigenvalue weighted by atomic mass is 79.9. The summed E-state index contributed by atoms with van der Waals surface area (Å²) in [5, 5.41) is 7.28. The number of nitrogens with one attached hydrogen (secondary N) is 1. The van der Waals surface area contributed by atoms with Crippen LogP contribution in [0.3, 0.4) is 0 Å². The van der Waals surface area contributed by atoms with Crippen LogP contribution in [0.1, 0.15) is 38.1 Å². The van der Waals surface area contributed by atoms with E-state index in [1.165, 1.54) is 22.9 Å². The third kappa shape index (κ3) is 3.32. The number of benzene rings is 1. The number of amides is 3. The molecule has 8 nitrogen and oxygen atoms in total. The molecule has 0 saturated heterocycles. The Labute approximate surface area is 178 Å². The van der Waals surface area contributed by atoms with Gasteiger partial charge in [-0.1, -0.05) is 11.6 Å². The van der Waals surface area contributed by atoms with Gasteiger partial charge in [-0.2, -0.15) is 5.10 Å². The molecular formula is C19H13BrClN5O3. The Bertz CT molecular complexity index is 1180. The first-order chi connectivity index (χ1) is 13.9. The summed E-state index contributed by atoms with van der Waals surface area (Å²) in [5.74, 6) is -0.888. The fourth-order valence-corrected chi connectivity index (χ4v) is 3.64. The van der Waals surface area contributed by atoms with Crippen molar-refractivity contribution in [2.75, 3.05) is 11.9 Å². The van der Waals surface area contributed by atoms with Gasteiger partial charge in [0.1, 0.15) is 10.3 Å². The molecule has 0 saturated carbocycles. The van der Waals surface area contributed by atoms with Crippen LogP contribution < -0.4 is 5.32 Å². The molecule has 4 rings (SSSR count). The van der Waals surface area contributed by atoms with E-state index < -0.39 is 5.91 Å². The summed E-state index contributed by atoms with van der Waals surface area (Å²) in [7, 11) is 0. The molecule has 1 aliphatic rings. The SMILES string of the molecule is CCN1C(=O)c2ccc(NC(=O)c3cc(Br)nn3-c3ncccc3Cl)cc2C1=O. The Hall–Kier alpha value is -3.04. The molecule has 0 radical (unpaired) electrons. The molecule has 2 aromatic heterocycles. The number of anilines is 1. The van der Waals surface area contributed by atoms with Crippen molar-refractivity contribution in [1.82, 2.24) is 19.7 Å². The quantitative estimate of drug-likeness (QED) is 0.583. The van der Waals surface area contributed by atoms with E-state index in [1.807, 2.05) is 0 Å². The smallest absolute Gasteiger partial charge is 0.274 e. The molecule has 0 aliphatic carbocycles. The van der Waals surface area contributed by atoms with Crippen LogP contribution in [-0.4, -0.2) is 43.9 Å². The Morgan fingerprint density at radius 1 is 1.17 bits per heavy atom. The zero-order valence-corrected chi connectivity index (χ0v) is 17.4. The highest BCUT2D eigenvalue weighted by Crippen LogP contribution is 2.27.